The summed E-state index contributed by atoms with van der Waals surface area (Å²) in [4.78, 5) is 25.0. The Kier molecular flexibility index (Phi) is 4.85. The molecule has 0 aromatic carbocycles. The summed E-state index contributed by atoms with van der Waals surface area (Å²) in [5, 5.41) is 14.9. The van der Waals surface area contributed by atoms with Crippen LogP contribution in [-0.2, 0) is 18.3 Å². The number of rotatable bonds is 3. The number of carbonyl (C=O) groups is 1. The summed E-state index contributed by atoms with van der Waals surface area (Å²) in [5.41, 5.74) is 3.53. The molecule has 2 aromatic rings. The van der Waals surface area contributed by atoms with Gasteiger partial charge < -0.3 is 5.32 Å². The summed E-state index contributed by atoms with van der Waals surface area (Å²) in [5.74, 6) is -0.136. The van der Waals surface area contributed by atoms with Gasteiger partial charge >= 0.3 is 0 Å². The third kappa shape index (κ3) is 3.75. The number of carbonyl (C=O) groups excluding carboxylic acids is 1. The first-order valence-corrected chi connectivity index (χ1v) is 10.3. The fraction of sp³-hybridized carbons (Fsp3) is 0.619. The summed E-state index contributed by atoms with van der Waals surface area (Å²) in [6.45, 7) is 6.25. The first-order valence-electron chi connectivity index (χ1n) is 10.3. The van der Waals surface area contributed by atoms with Crippen LogP contribution in [0, 0.1) is 0 Å². The van der Waals surface area contributed by atoms with Crippen molar-refractivity contribution in [1.82, 2.24) is 25.3 Å². The zero-order valence-corrected chi connectivity index (χ0v) is 16.9. The van der Waals surface area contributed by atoms with Crippen LogP contribution >= 0.6 is 0 Å². The monoisotopic (exact) mass is 383 g/mol. The zero-order chi connectivity index (χ0) is 19.9. The lowest BCUT2D eigenvalue weighted by atomic mass is 9.91. The molecule has 1 fully saturated rings. The van der Waals surface area contributed by atoms with Crippen molar-refractivity contribution in [3.8, 4) is 0 Å². The van der Waals surface area contributed by atoms with Gasteiger partial charge in [-0.1, -0.05) is 20.8 Å². The van der Waals surface area contributed by atoms with Gasteiger partial charge in [-0.05, 0) is 56.6 Å². The van der Waals surface area contributed by atoms with E-state index < -0.39 is 0 Å². The number of hydrogen-bond acceptors (Lipinski definition) is 4. The fourth-order valence-electron chi connectivity index (χ4n) is 4.22. The third-order valence-corrected chi connectivity index (χ3v) is 5.98. The predicted octanol–water partition coefficient (Wildman–Crippen LogP) is 2.67. The maximum atomic E-state index is 12.5. The molecule has 0 unspecified atom stereocenters. The molecule has 0 bridgehead atoms. The summed E-state index contributed by atoms with van der Waals surface area (Å²) in [6, 6.07) is 3.84. The van der Waals surface area contributed by atoms with E-state index in [0.717, 1.165) is 61.9 Å². The average molecular weight is 383 g/mol. The number of aryl methyl sites for hydroxylation is 2. The maximum Gasteiger partial charge on any atom is 0.271 e. The number of H-pyrrole nitrogens is 1. The second kappa shape index (κ2) is 7.18. The van der Waals surface area contributed by atoms with Crippen LogP contribution in [-0.4, -0.2) is 31.9 Å². The van der Waals surface area contributed by atoms with Crippen LogP contribution in [0.25, 0.3) is 0 Å². The standard InChI is InChI=1S/C21H29N5O2/c1-21(2,3)18-12-17(23-24-18)20(28)22-14-7-9-15(10-8-14)26-19(27)11-13-5-4-6-16(13)25-26/h11-12,14-15H,4-10H2,1-3H3,(H,22,28)(H,23,24). The number of fused-ring (bicyclic) bond motifs is 1. The Labute approximate surface area is 164 Å². The van der Waals surface area contributed by atoms with Crippen LogP contribution in [0.3, 0.4) is 0 Å². The van der Waals surface area contributed by atoms with Crippen LogP contribution in [0.4, 0.5) is 0 Å². The third-order valence-electron chi connectivity index (χ3n) is 5.98. The lowest BCUT2D eigenvalue weighted by Crippen LogP contribution is -2.40. The van der Waals surface area contributed by atoms with Crippen LogP contribution in [0.2, 0.25) is 0 Å². The lowest BCUT2D eigenvalue weighted by Gasteiger charge is -2.29. The van der Waals surface area contributed by atoms with Gasteiger partial charge in [0.15, 0.2) is 0 Å². The van der Waals surface area contributed by atoms with E-state index in [1.165, 1.54) is 0 Å². The highest BCUT2D eigenvalue weighted by atomic mass is 16.2. The van der Waals surface area contributed by atoms with E-state index in [4.69, 9.17) is 0 Å². The van der Waals surface area contributed by atoms with Crippen LogP contribution < -0.4 is 10.9 Å². The molecule has 7 heteroatoms. The Morgan fingerprint density at radius 3 is 2.61 bits per heavy atom. The van der Waals surface area contributed by atoms with Gasteiger partial charge in [-0.2, -0.15) is 10.2 Å². The molecule has 1 saturated carbocycles. The van der Waals surface area contributed by atoms with E-state index >= 15 is 0 Å². The molecule has 4 rings (SSSR count). The molecule has 0 aliphatic heterocycles. The summed E-state index contributed by atoms with van der Waals surface area (Å²) >= 11 is 0. The van der Waals surface area contributed by atoms with Crippen molar-refractivity contribution in [2.24, 2.45) is 0 Å². The van der Waals surface area contributed by atoms with E-state index in [0.29, 0.717) is 5.69 Å². The molecule has 2 heterocycles. The van der Waals surface area contributed by atoms with Gasteiger partial charge in [0, 0.05) is 23.2 Å². The Balaban J connectivity index is 1.36. The average Bonchev–Trinajstić information content (AvgIpc) is 3.30. The highest BCUT2D eigenvalue weighted by Crippen LogP contribution is 2.28. The Morgan fingerprint density at radius 2 is 1.93 bits per heavy atom. The molecule has 28 heavy (non-hydrogen) atoms. The molecule has 2 aromatic heterocycles. The lowest BCUT2D eigenvalue weighted by molar-refractivity contribution is 0.0916. The van der Waals surface area contributed by atoms with Gasteiger partial charge in [-0.25, -0.2) is 4.68 Å². The number of nitrogens with zero attached hydrogens (tertiary/aromatic N) is 3. The van der Waals surface area contributed by atoms with E-state index in [9.17, 15) is 9.59 Å². The Hall–Kier alpha value is -2.44. The topological polar surface area (TPSA) is 92.7 Å². The summed E-state index contributed by atoms with van der Waals surface area (Å²) < 4.78 is 1.69. The van der Waals surface area contributed by atoms with Crippen molar-refractivity contribution in [3.05, 3.63) is 45.1 Å². The summed E-state index contributed by atoms with van der Waals surface area (Å²) in [7, 11) is 0. The van der Waals surface area contributed by atoms with Crippen LogP contribution in [0.15, 0.2) is 16.9 Å². The smallest absolute Gasteiger partial charge is 0.271 e. The van der Waals surface area contributed by atoms with Crippen LogP contribution in [0.1, 0.15) is 86.4 Å². The Bertz CT molecular complexity index is 929. The van der Waals surface area contributed by atoms with Crippen molar-refractivity contribution in [2.45, 2.75) is 83.2 Å². The minimum atomic E-state index is -0.136. The van der Waals surface area contributed by atoms with Crippen molar-refractivity contribution in [1.29, 1.82) is 0 Å². The fourth-order valence-corrected chi connectivity index (χ4v) is 4.22. The molecule has 0 radical (unpaired) electrons. The van der Waals surface area contributed by atoms with Gasteiger partial charge in [-0.3, -0.25) is 14.7 Å². The predicted molar refractivity (Wildman–Crippen MR) is 107 cm³/mol. The molecular formula is C21H29N5O2. The number of amides is 1. The van der Waals surface area contributed by atoms with E-state index in [2.05, 4.69) is 41.4 Å². The molecule has 2 N–H and O–H groups in total. The van der Waals surface area contributed by atoms with Crippen molar-refractivity contribution < 1.29 is 4.79 Å². The molecular weight excluding hydrogens is 354 g/mol. The van der Waals surface area contributed by atoms with Crippen molar-refractivity contribution in [3.63, 3.8) is 0 Å². The van der Waals surface area contributed by atoms with Gasteiger partial charge in [0.2, 0.25) is 0 Å². The summed E-state index contributed by atoms with van der Waals surface area (Å²) in [6.07, 6.45) is 6.43. The quantitative estimate of drug-likeness (QED) is 0.852. The second-order valence-corrected chi connectivity index (χ2v) is 9.15. The second-order valence-electron chi connectivity index (χ2n) is 9.15. The van der Waals surface area contributed by atoms with Gasteiger partial charge in [0.25, 0.3) is 11.5 Å². The molecule has 2 aliphatic carbocycles. The SMILES string of the molecule is CC(C)(C)c1cc(C(=O)NC2CCC(n3nc4c(cc3=O)CCC4)CC2)n[nH]1. The number of aromatic amines is 1. The minimum Gasteiger partial charge on any atom is -0.348 e. The first kappa shape index (κ1) is 18.9. The maximum absolute atomic E-state index is 12.5. The number of hydrogen-bond donors (Lipinski definition) is 2. The van der Waals surface area contributed by atoms with Gasteiger partial charge in [0.1, 0.15) is 5.69 Å². The van der Waals surface area contributed by atoms with Crippen molar-refractivity contribution in [2.75, 3.05) is 0 Å². The largest absolute Gasteiger partial charge is 0.348 e. The van der Waals surface area contributed by atoms with Crippen molar-refractivity contribution >= 4 is 5.91 Å². The van der Waals surface area contributed by atoms with E-state index in [1.807, 2.05) is 6.07 Å². The highest BCUT2D eigenvalue weighted by molar-refractivity contribution is 5.92. The van der Waals surface area contributed by atoms with Gasteiger partial charge in [0.05, 0.1) is 11.7 Å². The number of aromatic nitrogens is 4. The molecule has 0 saturated heterocycles. The first-order chi connectivity index (χ1) is 13.3. The van der Waals surface area contributed by atoms with Gasteiger partial charge in [-0.15, -0.1) is 0 Å². The number of nitrogens with one attached hydrogen (secondary N) is 2. The van der Waals surface area contributed by atoms with Crippen LogP contribution in [0.5, 0.6) is 0 Å². The zero-order valence-electron chi connectivity index (χ0n) is 16.9. The van der Waals surface area contributed by atoms with E-state index in [1.54, 1.807) is 10.7 Å². The molecule has 1 amide bonds. The molecule has 150 valence electrons. The van der Waals surface area contributed by atoms with E-state index in [-0.39, 0.29) is 29.0 Å². The normalized spacial score (nSPS) is 22.1. The highest BCUT2D eigenvalue weighted by Gasteiger charge is 2.27. The molecule has 7 nitrogen and oxygen atoms in total. The minimum absolute atomic E-state index is 0.0133. The molecule has 2 aliphatic rings. The molecule has 0 spiro atoms. The Morgan fingerprint density at radius 1 is 1.18 bits per heavy atom. The molecule has 0 atom stereocenters.